The van der Waals surface area contributed by atoms with E-state index in [2.05, 4.69) is 25.2 Å². The average molecular weight is 379 g/mol. The van der Waals surface area contributed by atoms with Gasteiger partial charge in [-0.2, -0.15) is 0 Å². The highest BCUT2D eigenvalue weighted by Gasteiger charge is 2.15. The molecule has 0 spiro atoms. The molecule has 1 amide bonds. The molecular weight excluding hydrogens is 358 g/mol. The molecule has 0 atom stereocenters. The molecule has 2 aromatic heterocycles. The smallest absolute Gasteiger partial charge is 0.270 e. The second-order valence-corrected chi connectivity index (χ2v) is 7.36. The third-order valence-electron chi connectivity index (χ3n) is 4.57. The molecule has 3 heterocycles. The molecule has 0 saturated carbocycles. The Morgan fingerprint density at radius 3 is 2.74 bits per heavy atom. The Morgan fingerprint density at radius 2 is 1.93 bits per heavy atom. The molecule has 0 unspecified atom stereocenters. The van der Waals surface area contributed by atoms with E-state index in [4.69, 9.17) is 0 Å². The summed E-state index contributed by atoms with van der Waals surface area (Å²) < 4.78 is 0. The largest absolute Gasteiger partial charge is 0.357 e. The molecule has 6 nitrogen and oxygen atoms in total. The number of carbonyl (C=O) groups excluding carboxylic acids is 1. The van der Waals surface area contributed by atoms with E-state index >= 15 is 0 Å². The molecule has 1 saturated heterocycles. The summed E-state index contributed by atoms with van der Waals surface area (Å²) in [4.78, 5) is 27.8. The van der Waals surface area contributed by atoms with Crippen molar-refractivity contribution in [3.05, 3.63) is 59.5 Å². The number of piperidine rings is 1. The van der Waals surface area contributed by atoms with Gasteiger partial charge in [0.05, 0.1) is 12.2 Å². The van der Waals surface area contributed by atoms with Crippen LogP contribution in [0.4, 0.5) is 5.82 Å². The van der Waals surface area contributed by atoms with Crippen molar-refractivity contribution in [2.75, 3.05) is 18.0 Å². The van der Waals surface area contributed by atoms with Crippen molar-refractivity contribution in [1.82, 2.24) is 20.3 Å². The predicted molar refractivity (Wildman–Crippen MR) is 107 cm³/mol. The Morgan fingerprint density at radius 1 is 1.11 bits per heavy atom. The summed E-state index contributed by atoms with van der Waals surface area (Å²) in [6, 6.07) is 11.8. The van der Waals surface area contributed by atoms with Crippen LogP contribution in [-0.2, 0) is 6.54 Å². The number of aromatic nitrogens is 3. The van der Waals surface area contributed by atoms with Gasteiger partial charge >= 0.3 is 0 Å². The van der Waals surface area contributed by atoms with Gasteiger partial charge in [-0.25, -0.2) is 15.0 Å². The first-order valence-corrected chi connectivity index (χ1v) is 10.0. The van der Waals surface area contributed by atoms with Crippen LogP contribution in [0.1, 0.15) is 35.4 Å². The lowest BCUT2D eigenvalue weighted by Gasteiger charge is -2.27. The summed E-state index contributed by atoms with van der Waals surface area (Å²) in [5.41, 5.74) is 2.32. The van der Waals surface area contributed by atoms with Gasteiger partial charge in [-0.05, 0) is 19.3 Å². The van der Waals surface area contributed by atoms with Gasteiger partial charge in [-0.15, -0.1) is 11.3 Å². The molecular formula is C20H21N5OS. The monoisotopic (exact) mass is 379 g/mol. The molecule has 1 aromatic carbocycles. The van der Waals surface area contributed by atoms with E-state index < -0.39 is 0 Å². The fourth-order valence-corrected chi connectivity index (χ4v) is 3.96. The summed E-state index contributed by atoms with van der Waals surface area (Å²) in [7, 11) is 0. The van der Waals surface area contributed by atoms with Gasteiger partial charge < -0.3 is 10.2 Å². The summed E-state index contributed by atoms with van der Waals surface area (Å²) in [6.07, 6.45) is 5.06. The van der Waals surface area contributed by atoms with Gasteiger partial charge in [0.25, 0.3) is 5.91 Å². The van der Waals surface area contributed by atoms with Gasteiger partial charge in [0.2, 0.25) is 0 Å². The summed E-state index contributed by atoms with van der Waals surface area (Å²) in [6.45, 7) is 2.35. The Balaban J connectivity index is 1.39. The zero-order chi connectivity index (χ0) is 18.5. The second kappa shape index (κ2) is 8.26. The van der Waals surface area contributed by atoms with Crippen LogP contribution in [0.3, 0.4) is 0 Å². The summed E-state index contributed by atoms with van der Waals surface area (Å²) in [5, 5.41) is 5.83. The van der Waals surface area contributed by atoms with E-state index in [-0.39, 0.29) is 5.91 Å². The maximum atomic E-state index is 12.5. The quantitative estimate of drug-likeness (QED) is 0.734. The summed E-state index contributed by atoms with van der Waals surface area (Å²) in [5.74, 6) is 0.625. The lowest BCUT2D eigenvalue weighted by atomic mass is 10.1. The minimum absolute atomic E-state index is 0.204. The van der Waals surface area contributed by atoms with Crippen LogP contribution in [0.5, 0.6) is 0 Å². The predicted octanol–water partition coefficient (Wildman–Crippen LogP) is 3.52. The standard InChI is InChI=1S/C20H21N5OS/c26-19(17-11-18(23-14-22-17)25-9-5-2-6-10-25)21-12-16-13-27-20(24-16)15-7-3-1-4-8-15/h1,3-4,7-8,11,13-14H,2,5-6,9-10,12H2,(H,21,26). The molecule has 0 radical (unpaired) electrons. The first kappa shape index (κ1) is 17.6. The minimum atomic E-state index is -0.204. The summed E-state index contributed by atoms with van der Waals surface area (Å²) >= 11 is 1.58. The number of nitrogens with one attached hydrogen (secondary N) is 1. The lowest BCUT2D eigenvalue weighted by molar-refractivity contribution is 0.0945. The van der Waals surface area contributed by atoms with Gasteiger partial charge in [0, 0.05) is 30.1 Å². The molecule has 1 fully saturated rings. The van der Waals surface area contributed by atoms with Crippen LogP contribution in [0, 0.1) is 0 Å². The number of anilines is 1. The average Bonchev–Trinajstić information content (AvgIpc) is 3.22. The second-order valence-electron chi connectivity index (χ2n) is 6.50. The van der Waals surface area contributed by atoms with Crippen molar-refractivity contribution in [3.63, 3.8) is 0 Å². The number of hydrogen-bond acceptors (Lipinski definition) is 6. The van der Waals surface area contributed by atoms with Crippen molar-refractivity contribution >= 4 is 23.1 Å². The van der Waals surface area contributed by atoms with Crippen molar-refractivity contribution in [2.45, 2.75) is 25.8 Å². The number of hydrogen-bond donors (Lipinski definition) is 1. The van der Waals surface area contributed by atoms with Crippen LogP contribution >= 0.6 is 11.3 Å². The molecule has 3 aromatic rings. The van der Waals surface area contributed by atoms with Gasteiger partial charge in [-0.3, -0.25) is 4.79 Å². The Labute approximate surface area is 162 Å². The topological polar surface area (TPSA) is 71.0 Å². The highest BCUT2D eigenvalue weighted by atomic mass is 32.1. The number of thiazole rings is 1. The van der Waals surface area contributed by atoms with Crippen LogP contribution in [0.2, 0.25) is 0 Å². The van der Waals surface area contributed by atoms with E-state index in [1.807, 2.05) is 35.7 Å². The number of nitrogens with zero attached hydrogens (tertiary/aromatic N) is 4. The zero-order valence-electron chi connectivity index (χ0n) is 15.0. The fourth-order valence-electron chi connectivity index (χ4n) is 3.13. The maximum absolute atomic E-state index is 12.5. The van der Waals surface area contributed by atoms with Crippen molar-refractivity contribution in [1.29, 1.82) is 0 Å². The first-order valence-electron chi connectivity index (χ1n) is 9.14. The lowest BCUT2D eigenvalue weighted by Crippen LogP contribution is -2.31. The third kappa shape index (κ3) is 4.31. The van der Waals surface area contributed by atoms with E-state index in [0.29, 0.717) is 12.2 Å². The van der Waals surface area contributed by atoms with Crippen molar-refractivity contribution in [3.8, 4) is 10.6 Å². The highest BCUT2D eigenvalue weighted by molar-refractivity contribution is 7.13. The Hall–Kier alpha value is -2.80. The van der Waals surface area contributed by atoms with Crippen LogP contribution < -0.4 is 10.2 Å². The van der Waals surface area contributed by atoms with E-state index in [1.54, 1.807) is 17.4 Å². The Kier molecular flexibility index (Phi) is 5.39. The number of carbonyl (C=O) groups is 1. The van der Waals surface area contributed by atoms with Crippen LogP contribution in [-0.4, -0.2) is 33.9 Å². The molecule has 1 aliphatic rings. The van der Waals surface area contributed by atoms with Crippen LogP contribution in [0.15, 0.2) is 48.1 Å². The van der Waals surface area contributed by atoms with Crippen LogP contribution in [0.25, 0.3) is 10.6 Å². The molecule has 1 N–H and O–H groups in total. The third-order valence-corrected chi connectivity index (χ3v) is 5.51. The SMILES string of the molecule is O=C(NCc1csc(-c2ccccc2)n1)c1cc(N2CCCCC2)ncn1. The number of amides is 1. The molecule has 27 heavy (non-hydrogen) atoms. The Bertz CT molecular complexity index is 906. The highest BCUT2D eigenvalue weighted by Crippen LogP contribution is 2.23. The van der Waals surface area contributed by atoms with Gasteiger partial charge in [0.15, 0.2) is 0 Å². The fraction of sp³-hybridized carbons (Fsp3) is 0.300. The van der Waals surface area contributed by atoms with E-state index in [0.717, 1.165) is 35.2 Å². The van der Waals surface area contributed by atoms with E-state index in [9.17, 15) is 4.79 Å². The first-order chi connectivity index (χ1) is 13.3. The zero-order valence-corrected chi connectivity index (χ0v) is 15.8. The maximum Gasteiger partial charge on any atom is 0.270 e. The van der Waals surface area contributed by atoms with Gasteiger partial charge in [-0.1, -0.05) is 30.3 Å². The molecule has 7 heteroatoms. The minimum Gasteiger partial charge on any atom is -0.357 e. The molecule has 0 bridgehead atoms. The van der Waals surface area contributed by atoms with Crippen molar-refractivity contribution < 1.29 is 4.79 Å². The normalized spacial score (nSPS) is 14.1. The number of benzene rings is 1. The molecule has 0 aliphatic carbocycles. The molecule has 1 aliphatic heterocycles. The molecule has 4 rings (SSSR count). The van der Waals surface area contributed by atoms with Crippen molar-refractivity contribution in [2.24, 2.45) is 0 Å². The van der Waals surface area contributed by atoms with Gasteiger partial charge in [0.1, 0.15) is 22.8 Å². The number of rotatable bonds is 5. The van der Waals surface area contributed by atoms with E-state index in [1.165, 1.54) is 25.6 Å². The molecule has 138 valence electrons.